The molecule has 1 aliphatic rings. The van der Waals surface area contributed by atoms with Crippen molar-refractivity contribution in [3.8, 4) is 0 Å². The van der Waals surface area contributed by atoms with Crippen molar-refractivity contribution < 1.29 is 4.52 Å². The van der Waals surface area contributed by atoms with E-state index in [-0.39, 0.29) is 5.41 Å². The SMILES string of the molecule is CN=C(NCCCc1nc(C(C)C)no1)NCC1(c2ccccc2)CC1. The minimum atomic E-state index is 0.274. The van der Waals surface area contributed by atoms with E-state index < -0.39 is 0 Å². The Morgan fingerprint density at radius 1 is 1.23 bits per heavy atom. The van der Waals surface area contributed by atoms with Crippen LogP contribution in [-0.2, 0) is 11.8 Å². The summed E-state index contributed by atoms with van der Waals surface area (Å²) in [6.07, 6.45) is 4.16. The van der Waals surface area contributed by atoms with Gasteiger partial charge in [-0.05, 0) is 24.8 Å². The van der Waals surface area contributed by atoms with Crippen molar-refractivity contribution in [1.82, 2.24) is 20.8 Å². The van der Waals surface area contributed by atoms with E-state index in [1.807, 2.05) is 7.05 Å². The number of nitrogens with one attached hydrogen (secondary N) is 2. The minimum Gasteiger partial charge on any atom is -0.356 e. The van der Waals surface area contributed by atoms with Crippen LogP contribution in [0.5, 0.6) is 0 Å². The summed E-state index contributed by atoms with van der Waals surface area (Å²) in [7, 11) is 1.81. The summed E-state index contributed by atoms with van der Waals surface area (Å²) in [4.78, 5) is 8.73. The molecule has 0 bridgehead atoms. The van der Waals surface area contributed by atoms with Crippen LogP contribution in [0.3, 0.4) is 0 Å². The standard InChI is InChI=1S/C20H29N5O/c1-15(2)18-24-17(26-25-18)10-7-13-22-19(21-3)23-14-20(11-12-20)16-8-5-4-6-9-16/h4-6,8-9,15H,7,10-14H2,1-3H3,(H2,21,22,23). The third-order valence-corrected chi connectivity index (χ3v) is 4.92. The molecular formula is C20H29N5O. The Bertz CT molecular complexity index is 719. The zero-order valence-electron chi connectivity index (χ0n) is 16.0. The summed E-state index contributed by atoms with van der Waals surface area (Å²) in [5.41, 5.74) is 1.69. The van der Waals surface area contributed by atoms with Crippen LogP contribution in [0.25, 0.3) is 0 Å². The van der Waals surface area contributed by atoms with Crippen LogP contribution in [-0.4, -0.2) is 36.2 Å². The van der Waals surface area contributed by atoms with E-state index in [2.05, 4.69) is 69.9 Å². The van der Waals surface area contributed by atoms with E-state index in [1.165, 1.54) is 18.4 Å². The second-order valence-electron chi connectivity index (χ2n) is 7.30. The first-order valence-corrected chi connectivity index (χ1v) is 9.45. The third-order valence-electron chi connectivity index (χ3n) is 4.92. The lowest BCUT2D eigenvalue weighted by Gasteiger charge is -2.19. The van der Waals surface area contributed by atoms with Gasteiger partial charge in [0.1, 0.15) is 0 Å². The predicted octanol–water partition coefficient (Wildman–Crippen LogP) is 3.02. The molecule has 0 amide bonds. The number of benzene rings is 1. The molecule has 1 heterocycles. The van der Waals surface area contributed by atoms with E-state index in [4.69, 9.17) is 4.52 Å². The number of hydrogen-bond donors (Lipinski definition) is 2. The summed E-state index contributed by atoms with van der Waals surface area (Å²) in [6.45, 7) is 5.86. The molecular weight excluding hydrogens is 326 g/mol. The molecule has 1 fully saturated rings. The number of hydrogen-bond acceptors (Lipinski definition) is 4. The highest BCUT2D eigenvalue weighted by Crippen LogP contribution is 2.47. The van der Waals surface area contributed by atoms with Crippen molar-refractivity contribution in [2.45, 2.75) is 50.9 Å². The molecule has 1 aromatic heterocycles. The van der Waals surface area contributed by atoms with Gasteiger partial charge in [-0.1, -0.05) is 49.3 Å². The van der Waals surface area contributed by atoms with Crippen LogP contribution in [0.1, 0.15) is 56.3 Å². The molecule has 3 rings (SSSR count). The second kappa shape index (κ2) is 8.34. The quantitative estimate of drug-likeness (QED) is 0.432. The van der Waals surface area contributed by atoms with Gasteiger partial charge in [0.15, 0.2) is 11.8 Å². The van der Waals surface area contributed by atoms with E-state index in [1.54, 1.807) is 0 Å². The predicted molar refractivity (Wildman–Crippen MR) is 103 cm³/mol. The minimum absolute atomic E-state index is 0.274. The first kappa shape index (κ1) is 18.4. The lowest BCUT2D eigenvalue weighted by atomic mass is 9.96. The molecule has 0 unspecified atom stereocenters. The summed E-state index contributed by atoms with van der Waals surface area (Å²) >= 11 is 0. The molecule has 1 aromatic carbocycles. The smallest absolute Gasteiger partial charge is 0.226 e. The second-order valence-corrected chi connectivity index (χ2v) is 7.30. The van der Waals surface area contributed by atoms with Gasteiger partial charge in [-0.3, -0.25) is 4.99 Å². The highest BCUT2D eigenvalue weighted by molar-refractivity contribution is 5.79. The molecule has 6 heteroatoms. The largest absolute Gasteiger partial charge is 0.356 e. The van der Waals surface area contributed by atoms with E-state index in [0.717, 1.165) is 37.7 Å². The Kier molecular flexibility index (Phi) is 5.91. The maximum Gasteiger partial charge on any atom is 0.226 e. The Morgan fingerprint density at radius 2 is 2.00 bits per heavy atom. The van der Waals surface area contributed by atoms with Crippen molar-refractivity contribution in [2.24, 2.45) is 4.99 Å². The average Bonchev–Trinajstić information content (AvgIpc) is 3.30. The maximum atomic E-state index is 5.27. The van der Waals surface area contributed by atoms with Gasteiger partial charge in [0.2, 0.25) is 5.89 Å². The van der Waals surface area contributed by atoms with Gasteiger partial charge in [-0.15, -0.1) is 0 Å². The van der Waals surface area contributed by atoms with Gasteiger partial charge in [-0.25, -0.2) is 0 Å². The topological polar surface area (TPSA) is 75.3 Å². The summed E-state index contributed by atoms with van der Waals surface area (Å²) in [6, 6.07) is 10.7. The van der Waals surface area contributed by atoms with Crippen LogP contribution in [0.15, 0.2) is 39.8 Å². The van der Waals surface area contributed by atoms with Crippen molar-refractivity contribution in [2.75, 3.05) is 20.1 Å². The van der Waals surface area contributed by atoms with Gasteiger partial charge >= 0.3 is 0 Å². The first-order chi connectivity index (χ1) is 12.6. The van der Waals surface area contributed by atoms with Gasteiger partial charge in [-0.2, -0.15) is 4.98 Å². The Labute approximate surface area is 155 Å². The van der Waals surface area contributed by atoms with E-state index in [0.29, 0.717) is 11.8 Å². The van der Waals surface area contributed by atoms with Crippen molar-refractivity contribution in [1.29, 1.82) is 0 Å². The van der Waals surface area contributed by atoms with Crippen molar-refractivity contribution in [3.05, 3.63) is 47.6 Å². The van der Waals surface area contributed by atoms with Crippen LogP contribution in [0.4, 0.5) is 0 Å². The highest BCUT2D eigenvalue weighted by Gasteiger charge is 2.43. The molecule has 0 spiro atoms. The number of guanidine groups is 1. The molecule has 140 valence electrons. The molecule has 6 nitrogen and oxygen atoms in total. The zero-order valence-corrected chi connectivity index (χ0v) is 16.0. The number of rotatable bonds is 8. The lowest BCUT2D eigenvalue weighted by Crippen LogP contribution is -2.41. The fraction of sp³-hybridized carbons (Fsp3) is 0.550. The average molecular weight is 355 g/mol. The molecule has 0 atom stereocenters. The molecule has 0 aliphatic heterocycles. The Hall–Kier alpha value is -2.37. The van der Waals surface area contributed by atoms with Crippen LogP contribution >= 0.6 is 0 Å². The van der Waals surface area contributed by atoms with Gasteiger partial charge in [0.05, 0.1) is 0 Å². The van der Waals surface area contributed by atoms with Crippen LogP contribution in [0.2, 0.25) is 0 Å². The van der Waals surface area contributed by atoms with Gasteiger partial charge in [0.25, 0.3) is 0 Å². The Morgan fingerprint density at radius 3 is 2.62 bits per heavy atom. The number of aromatic nitrogens is 2. The molecule has 1 aliphatic carbocycles. The van der Waals surface area contributed by atoms with E-state index in [9.17, 15) is 0 Å². The Balaban J connectivity index is 1.40. The summed E-state index contributed by atoms with van der Waals surface area (Å²) in [5.74, 6) is 2.63. The van der Waals surface area contributed by atoms with Gasteiger partial charge in [0, 0.05) is 37.9 Å². The van der Waals surface area contributed by atoms with Crippen molar-refractivity contribution in [3.63, 3.8) is 0 Å². The fourth-order valence-electron chi connectivity index (χ4n) is 3.03. The summed E-state index contributed by atoms with van der Waals surface area (Å²) < 4.78 is 5.27. The number of aliphatic imine (C=N–C) groups is 1. The zero-order chi connectivity index (χ0) is 18.4. The highest BCUT2D eigenvalue weighted by atomic mass is 16.5. The third kappa shape index (κ3) is 4.62. The summed E-state index contributed by atoms with van der Waals surface area (Å²) in [5, 5.41) is 10.8. The molecule has 0 saturated heterocycles. The number of aryl methyl sites for hydroxylation is 1. The lowest BCUT2D eigenvalue weighted by molar-refractivity contribution is 0.368. The number of nitrogens with zero attached hydrogens (tertiary/aromatic N) is 3. The normalized spacial score (nSPS) is 15.9. The molecule has 26 heavy (non-hydrogen) atoms. The van der Waals surface area contributed by atoms with Gasteiger partial charge < -0.3 is 15.2 Å². The van der Waals surface area contributed by atoms with Crippen LogP contribution in [0, 0.1) is 0 Å². The fourth-order valence-corrected chi connectivity index (χ4v) is 3.03. The van der Waals surface area contributed by atoms with Crippen LogP contribution < -0.4 is 10.6 Å². The maximum absolute atomic E-state index is 5.27. The molecule has 2 aromatic rings. The first-order valence-electron chi connectivity index (χ1n) is 9.45. The molecule has 0 radical (unpaired) electrons. The molecule has 2 N–H and O–H groups in total. The van der Waals surface area contributed by atoms with Crippen molar-refractivity contribution >= 4 is 5.96 Å². The monoisotopic (exact) mass is 355 g/mol. The van der Waals surface area contributed by atoms with E-state index >= 15 is 0 Å². The molecule has 1 saturated carbocycles.